The third kappa shape index (κ3) is 3.12. The second-order valence-corrected chi connectivity index (χ2v) is 7.71. The molecule has 24 heavy (non-hydrogen) atoms. The zero-order valence-electron chi connectivity index (χ0n) is 14.1. The predicted molar refractivity (Wildman–Crippen MR) is 95.1 cm³/mol. The number of aryl methyl sites for hydroxylation is 2. The van der Waals surface area contributed by atoms with E-state index < -0.39 is 10.0 Å². The number of methoxy groups -OCH3 is 1. The average Bonchev–Trinajstić information content (AvgIpc) is 2.53. The van der Waals surface area contributed by atoms with E-state index in [0.29, 0.717) is 23.5 Å². The number of sulfonamides is 1. The Morgan fingerprint density at radius 2 is 2.00 bits per heavy atom. The van der Waals surface area contributed by atoms with Gasteiger partial charge >= 0.3 is 0 Å². The molecule has 0 saturated heterocycles. The van der Waals surface area contributed by atoms with Crippen LogP contribution in [0.5, 0.6) is 5.75 Å². The van der Waals surface area contributed by atoms with Crippen LogP contribution in [-0.2, 0) is 23.0 Å². The molecule has 128 valence electrons. The van der Waals surface area contributed by atoms with Crippen molar-refractivity contribution >= 4 is 15.7 Å². The number of rotatable bonds is 4. The molecule has 0 fully saturated rings. The Labute approximate surface area is 143 Å². The first kappa shape index (κ1) is 16.8. The van der Waals surface area contributed by atoms with Crippen molar-refractivity contribution in [1.82, 2.24) is 5.32 Å². The lowest BCUT2D eigenvalue weighted by Crippen LogP contribution is -2.25. The third-order valence-corrected chi connectivity index (χ3v) is 5.81. The van der Waals surface area contributed by atoms with Crippen LogP contribution in [0.2, 0.25) is 0 Å². The van der Waals surface area contributed by atoms with Gasteiger partial charge in [-0.2, -0.15) is 0 Å². The van der Waals surface area contributed by atoms with E-state index >= 15 is 0 Å². The maximum Gasteiger partial charge on any atom is 0.265 e. The first-order chi connectivity index (χ1) is 11.4. The van der Waals surface area contributed by atoms with Crippen LogP contribution < -0.4 is 14.8 Å². The van der Waals surface area contributed by atoms with E-state index in [1.165, 1.54) is 12.7 Å². The minimum absolute atomic E-state index is 0.192. The molecule has 3 rings (SSSR count). The summed E-state index contributed by atoms with van der Waals surface area (Å²) in [7, 11) is -2.25. The topological polar surface area (TPSA) is 67.4 Å². The molecule has 0 bridgehead atoms. The lowest BCUT2D eigenvalue weighted by atomic mass is 10.00. The molecule has 1 heterocycles. The largest absolute Gasteiger partial charge is 0.495 e. The molecule has 1 aliphatic heterocycles. The van der Waals surface area contributed by atoms with Gasteiger partial charge in [0.25, 0.3) is 10.0 Å². The van der Waals surface area contributed by atoms with Crippen molar-refractivity contribution in [3.05, 3.63) is 52.6 Å². The molecule has 0 radical (unpaired) electrons. The molecule has 0 aliphatic carbocycles. The summed E-state index contributed by atoms with van der Waals surface area (Å²) in [5.41, 5.74) is 4.45. The fraction of sp³-hybridized carbons (Fsp3) is 0.333. The van der Waals surface area contributed by atoms with Crippen LogP contribution >= 0.6 is 0 Å². The molecule has 2 aromatic carbocycles. The minimum atomic E-state index is -3.74. The third-order valence-electron chi connectivity index (χ3n) is 4.26. The van der Waals surface area contributed by atoms with Crippen LogP contribution in [0.1, 0.15) is 22.3 Å². The monoisotopic (exact) mass is 346 g/mol. The van der Waals surface area contributed by atoms with Crippen molar-refractivity contribution in [3.63, 3.8) is 0 Å². The number of hydrogen-bond donors (Lipinski definition) is 2. The summed E-state index contributed by atoms with van der Waals surface area (Å²) in [6, 6.07) is 9.33. The molecule has 5 nitrogen and oxygen atoms in total. The highest BCUT2D eigenvalue weighted by molar-refractivity contribution is 7.92. The van der Waals surface area contributed by atoms with Crippen molar-refractivity contribution in [2.75, 3.05) is 18.4 Å². The van der Waals surface area contributed by atoms with Crippen LogP contribution in [0.25, 0.3) is 0 Å². The van der Waals surface area contributed by atoms with Crippen molar-refractivity contribution in [1.29, 1.82) is 0 Å². The summed E-state index contributed by atoms with van der Waals surface area (Å²) in [5.74, 6) is 0.364. The van der Waals surface area contributed by atoms with Crippen LogP contribution in [0.15, 0.2) is 35.2 Å². The maximum absolute atomic E-state index is 13.0. The van der Waals surface area contributed by atoms with Gasteiger partial charge in [0.2, 0.25) is 0 Å². The lowest BCUT2D eigenvalue weighted by molar-refractivity contribution is 0.402. The fourth-order valence-electron chi connectivity index (χ4n) is 3.22. The highest BCUT2D eigenvalue weighted by atomic mass is 32.2. The van der Waals surface area contributed by atoms with Crippen LogP contribution in [0, 0.1) is 13.8 Å². The van der Waals surface area contributed by atoms with Crippen molar-refractivity contribution in [2.24, 2.45) is 0 Å². The first-order valence-corrected chi connectivity index (χ1v) is 9.40. The van der Waals surface area contributed by atoms with Gasteiger partial charge in [-0.3, -0.25) is 4.72 Å². The SMILES string of the molecule is COc1cc(C)cc(C)c1S(=O)(=O)Nc1cccc2c1CNCC2. The molecule has 0 saturated carbocycles. The van der Waals surface area contributed by atoms with E-state index in [-0.39, 0.29) is 4.90 Å². The Morgan fingerprint density at radius 1 is 1.21 bits per heavy atom. The van der Waals surface area contributed by atoms with Crippen LogP contribution in [-0.4, -0.2) is 22.1 Å². The van der Waals surface area contributed by atoms with Gasteiger partial charge in [-0.15, -0.1) is 0 Å². The normalized spacial score (nSPS) is 14.1. The van der Waals surface area contributed by atoms with Gasteiger partial charge in [-0.1, -0.05) is 18.2 Å². The predicted octanol–water partition coefficient (Wildman–Crippen LogP) is 2.76. The fourth-order valence-corrected chi connectivity index (χ4v) is 4.69. The summed E-state index contributed by atoms with van der Waals surface area (Å²) in [5, 5.41) is 3.29. The summed E-state index contributed by atoms with van der Waals surface area (Å²) in [4.78, 5) is 0.192. The van der Waals surface area contributed by atoms with E-state index in [1.807, 2.05) is 25.1 Å². The van der Waals surface area contributed by atoms with E-state index in [9.17, 15) is 8.42 Å². The average molecular weight is 346 g/mol. The number of anilines is 1. The Hall–Kier alpha value is -2.05. The summed E-state index contributed by atoms with van der Waals surface area (Å²) >= 11 is 0. The van der Waals surface area contributed by atoms with Crippen LogP contribution in [0.3, 0.4) is 0 Å². The van der Waals surface area contributed by atoms with Crippen LogP contribution in [0.4, 0.5) is 5.69 Å². The standard InChI is InChI=1S/C18H22N2O3S/c1-12-9-13(2)18(17(10-12)23-3)24(21,22)20-16-6-4-5-14-7-8-19-11-15(14)16/h4-6,9-10,19-20H,7-8,11H2,1-3H3. The number of nitrogens with one attached hydrogen (secondary N) is 2. The van der Waals surface area contributed by atoms with Crippen molar-refractivity contribution in [2.45, 2.75) is 31.7 Å². The lowest BCUT2D eigenvalue weighted by Gasteiger charge is -2.22. The molecule has 0 aromatic heterocycles. The number of ether oxygens (including phenoxy) is 1. The van der Waals surface area contributed by atoms with E-state index in [4.69, 9.17) is 4.74 Å². The van der Waals surface area contributed by atoms with Crippen molar-refractivity contribution < 1.29 is 13.2 Å². The molecule has 0 amide bonds. The molecular weight excluding hydrogens is 324 g/mol. The van der Waals surface area contributed by atoms with Gasteiger partial charge in [0.1, 0.15) is 10.6 Å². The summed E-state index contributed by atoms with van der Waals surface area (Å²) in [6.45, 7) is 5.27. The summed E-state index contributed by atoms with van der Waals surface area (Å²) in [6.07, 6.45) is 0.901. The zero-order chi connectivity index (χ0) is 17.3. The van der Waals surface area contributed by atoms with Gasteiger partial charge in [0, 0.05) is 6.54 Å². The van der Waals surface area contributed by atoms with Gasteiger partial charge in [0.05, 0.1) is 12.8 Å². The van der Waals surface area contributed by atoms with E-state index in [0.717, 1.165) is 24.1 Å². The Balaban J connectivity index is 2.05. The quantitative estimate of drug-likeness (QED) is 0.893. The Kier molecular flexibility index (Phi) is 4.51. The van der Waals surface area contributed by atoms with Gasteiger partial charge in [0.15, 0.2) is 0 Å². The van der Waals surface area contributed by atoms with Gasteiger partial charge in [-0.05, 0) is 61.2 Å². The Bertz CT molecular complexity index is 876. The molecule has 2 N–H and O–H groups in total. The molecule has 2 aromatic rings. The molecule has 1 aliphatic rings. The molecule has 0 atom stereocenters. The van der Waals surface area contributed by atoms with Gasteiger partial charge in [-0.25, -0.2) is 8.42 Å². The van der Waals surface area contributed by atoms with Crippen molar-refractivity contribution in [3.8, 4) is 5.75 Å². The Morgan fingerprint density at radius 3 is 2.75 bits per heavy atom. The highest BCUT2D eigenvalue weighted by Crippen LogP contribution is 2.32. The number of fused-ring (bicyclic) bond motifs is 1. The van der Waals surface area contributed by atoms with E-state index in [1.54, 1.807) is 19.1 Å². The molecule has 0 unspecified atom stereocenters. The number of hydrogen-bond acceptors (Lipinski definition) is 4. The summed E-state index contributed by atoms with van der Waals surface area (Å²) < 4.78 is 34.0. The second kappa shape index (κ2) is 6.45. The maximum atomic E-state index is 13.0. The molecular formula is C18H22N2O3S. The minimum Gasteiger partial charge on any atom is -0.495 e. The first-order valence-electron chi connectivity index (χ1n) is 7.92. The number of benzene rings is 2. The van der Waals surface area contributed by atoms with Gasteiger partial charge < -0.3 is 10.1 Å². The zero-order valence-corrected chi connectivity index (χ0v) is 15.0. The highest BCUT2D eigenvalue weighted by Gasteiger charge is 2.24. The smallest absolute Gasteiger partial charge is 0.265 e. The van der Waals surface area contributed by atoms with E-state index in [2.05, 4.69) is 10.0 Å². The molecule has 0 spiro atoms. The molecule has 6 heteroatoms. The second-order valence-electron chi connectivity index (χ2n) is 6.09.